The number of nitrogens with one attached hydrogen (secondary N) is 2. The third-order valence-electron chi connectivity index (χ3n) is 2.28. The third kappa shape index (κ3) is 2.95. The zero-order valence-corrected chi connectivity index (χ0v) is 10.0. The molecule has 2 aromatic rings. The molecule has 0 spiro atoms. The lowest BCUT2D eigenvalue weighted by atomic mass is 10.2. The molecule has 1 heterocycles. The predicted octanol–water partition coefficient (Wildman–Crippen LogP) is 2.52. The first kappa shape index (κ1) is 11.9. The van der Waals surface area contributed by atoms with Gasteiger partial charge in [0, 0.05) is 18.4 Å². The highest BCUT2D eigenvalue weighted by atomic mass is 15.1. The molecule has 0 amide bonds. The molecule has 0 radical (unpaired) electrons. The van der Waals surface area contributed by atoms with Gasteiger partial charge in [-0.15, -0.1) is 0 Å². The van der Waals surface area contributed by atoms with Gasteiger partial charge in [-0.2, -0.15) is 10.2 Å². The first-order valence-corrected chi connectivity index (χ1v) is 5.66. The Balaban J connectivity index is 2.12. The van der Waals surface area contributed by atoms with E-state index < -0.39 is 0 Å². The van der Waals surface area contributed by atoms with Gasteiger partial charge in [0.1, 0.15) is 5.82 Å². The maximum atomic E-state index is 8.71. The summed E-state index contributed by atoms with van der Waals surface area (Å²) in [4.78, 5) is 8.39. The van der Waals surface area contributed by atoms with Gasteiger partial charge in [-0.3, -0.25) is 0 Å². The van der Waals surface area contributed by atoms with Crippen molar-refractivity contribution in [3.63, 3.8) is 0 Å². The monoisotopic (exact) mass is 239 g/mol. The Kier molecular flexibility index (Phi) is 3.72. The fraction of sp³-hybridized carbons (Fsp3) is 0.154. The number of anilines is 3. The lowest BCUT2D eigenvalue weighted by Crippen LogP contribution is -2.03. The van der Waals surface area contributed by atoms with Crippen LogP contribution >= 0.6 is 0 Å². The second-order valence-electron chi connectivity index (χ2n) is 3.61. The number of nitriles is 1. The molecule has 0 aliphatic rings. The molecule has 18 heavy (non-hydrogen) atoms. The van der Waals surface area contributed by atoms with Crippen LogP contribution in [0.4, 0.5) is 17.5 Å². The van der Waals surface area contributed by atoms with Crippen molar-refractivity contribution in [1.29, 1.82) is 5.26 Å². The van der Waals surface area contributed by atoms with Crippen molar-refractivity contribution in [2.45, 2.75) is 6.92 Å². The van der Waals surface area contributed by atoms with Crippen LogP contribution in [-0.4, -0.2) is 16.5 Å². The number of nitrogens with zero attached hydrogens (tertiary/aromatic N) is 3. The summed E-state index contributed by atoms with van der Waals surface area (Å²) in [5, 5.41) is 14.9. The Hall–Kier alpha value is -2.61. The van der Waals surface area contributed by atoms with Gasteiger partial charge in [0.25, 0.3) is 0 Å². The van der Waals surface area contributed by atoms with E-state index in [1.165, 1.54) is 0 Å². The smallest absolute Gasteiger partial charge is 0.224 e. The SMILES string of the molecule is CCNc1nccc(Nc2ccc(C#N)cc2)n1. The largest absolute Gasteiger partial charge is 0.354 e. The molecule has 0 bridgehead atoms. The zero-order chi connectivity index (χ0) is 12.8. The average molecular weight is 239 g/mol. The van der Waals surface area contributed by atoms with Crippen LogP contribution in [-0.2, 0) is 0 Å². The van der Waals surface area contributed by atoms with Gasteiger partial charge in [-0.25, -0.2) is 4.98 Å². The van der Waals surface area contributed by atoms with E-state index in [0.29, 0.717) is 17.3 Å². The van der Waals surface area contributed by atoms with Crippen molar-refractivity contribution in [2.24, 2.45) is 0 Å². The predicted molar refractivity (Wildman–Crippen MR) is 70.6 cm³/mol. The molecule has 5 nitrogen and oxygen atoms in total. The molecule has 0 aliphatic heterocycles. The highest BCUT2D eigenvalue weighted by molar-refractivity contribution is 5.57. The Morgan fingerprint density at radius 2 is 2.00 bits per heavy atom. The molecule has 1 aromatic heterocycles. The number of hydrogen-bond donors (Lipinski definition) is 2. The van der Waals surface area contributed by atoms with Crippen molar-refractivity contribution in [2.75, 3.05) is 17.2 Å². The molecule has 0 aliphatic carbocycles. The fourth-order valence-electron chi connectivity index (χ4n) is 1.45. The minimum absolute atomic E-state index is 0.594. The Morgan fingerprint density at radius 1 is 1.22 bits per heavy atom. The van der Waals surface area contributed by atoms with Crippen molar-refractivity contribution >= 4 is 17.5 Å². The molecule has 1 aromatic carbocycles. The molecule has 0 fully saturated rings. The summed E-state index contributed by atoms with van der Waals surface area (Å²) in [5.41, 5.74) is 1.52. The van der Waals surface area contributed by atoms with Crippen molar-refractivity contribution in [1.82, 2.24) is 9.97 Å². The number of aromatic nitrogens is 2. The lowest BCUT2D eigenvalue weighted by molar-refractivity contribution is 1.09. The van der Waals surface area contributed by atoms with Gasteiger partial charge in [-0.1, -0.05) is 0 Å². The summed E-state index contributed by atoms with van der Waals surface area (Å²) < 4.78 is 0. The van der Waals surface area contributed by atoms with Gasteiger partial charge >= 0.3 is 0 Å². The average Bonchev–Trinajstić information content (AvgIpc) is 2.40. The van der Waals surface area contributed by atoms with Crippen LogP contribution in [0.1, 0.15) is 12.5 Å². The maximum absolute atomic E-state index is 8.71. The molecule has 0 unspecified atom stereocenters. The summed E-state index contributed by atoms with van der Waals surface area (Å²) in [6.07, 6.45) is 1.69. The van der Waals surface area contributed by atoms with Crippen LogP contribution in [0.5, 0.6) is 0 Å². The van der Waals surface area contributed by atoms with E-state index in [1.54, 1.807) is 24.4 Å². The molecule has 2 rings (SSSR count). The zero-order valence-electron chi connectivity index (χ0n) is 10.0. The Labute approximate surface area is 106 Å². The van der Waals surface area contributed by atoms with E-state index in [2.05, 4.69) is 26.7 Å². The van der Waals surface area contributed by atoms with E-state index >= 15 is 0 Å². The minimum atomic E-state index is 0.594. The minimum Gasteiger partial charge on any atom is -0.354 e. The van der Waals surface area contributed by atoms with Crippen LogP contribution in [0.3, 0.4) is 0 Å². The van der Waals surface area contributed by atoms with E-state index in [-0.39, 0.29) is 0 Å². The van der Waals surface area contributed by atoms with Gasteiger partial charge in [0.2, 0.25) is 5.95 Å². The maximum Gasteiger partial charge on any atom is 0.224 e. The number of rotatable bonds is 4. The molecule has 2 N–H and O–H groups in total. The van der Waals surface area contributed by atoms with Gasteiger partial charge in [-0.05, 0) is 37.3 Å². The molecule has 0 atom stereocenters. The molecule has 0 saturated heterocycles. The van der Waals surface area contributed by atoms with E-state index in [9.17, 15) is 0 Å². The lowest BCUT2D eigenvalue weighted by Gasteiger charge is -2.07. The Morgan fingerprint density at radius 3 is 2.67 bits per heavy atom. The molecule has 0 saturated carbocycles. The van der Waals surface area contributed by atoms with E-state index in [4.69, 9.17) is 5.26 Å². The Bertz CT molecular complexity index is 556. The van der Waals surface area contributed by atoms with Crippen LogP contribution in [0, 0.1) is 11.3 Å². The summed E-state index contributed by atoms with van der Waals surface area (Å²) >= 11 is 0. The van der Waals surface area contributed by atoms with Crippen LogP contribution in [0.15, 0.2) is 36.5 Å². The quantitative estimate of drug-likeness (QED) is 0.857. The van der Waals surface area contributed by atoms with E-state index in [1.807, 2.05) is 19.1 Å². The molecule has 5 heteroatoms. The van der Waals surface area contributed by atoms with Gasteiger partial charge in [0.05, 0.1) is 11.6 Å². The van der Waals surface area contributed by atoms with Gasteiger partial charge < -0.3 is 10.6 Å². The molecular weight excluding hydrogens is 226 g/mol. The summed E-state index contributed by atoms with van der Waals surface area (Å²) in [6.45, 7) is 2.77. The van der Waals surface area contributed by atoms with Gasteiger partial charge in [0.15, 0.2) is 0 Å². The molecular formula is C13H13N5. The normalized spacial score (nSPS) is 9.56. The highest BCUT2D eigenvalue weighted by Gasteiger charge is 1.99. The summed E-state index contributed by atoms with van der Waals surface area (Å²) in [7, 11) is 0. The number of hydrogen-bond acceptors (Lipinski definition) is 5. The third-order valence-corrected chi connectivity index (χ3v) is 2.28. The van der Waals surface area contributed by atoms with Crippen molar-refractivity contribution < 1.29 is 0 Å². The van der Waals surface area contributed by atoms with Crippen LogP contribution in [0.2, 0.25) is 0 Å². The van der Waals surface area contributed by atoms with Crippen LogP contribution < -0.4 is 10.6 Å². The summed E-state index contributed by atoms with van der Waals surface area (Å²) in [5.74, 6) is 1.31. The fourth-order valence-corrected chi connectivity index (χ4v) is 1.45. The molecule has 90 valence electrons. The van der Waals surface area contributed by atoms with Crippen LogP contribution in [0.25, 0.3) is 0 Å². The van der Waals surface area contributed by atoms with E-state index in [0.717, 1.165) is 12.2 Å². The standard InChI is InChI=1S/C13H13N5/c1-2-15-13-16-8-7-12(18-13)17-11-5-3-10(9-14)4-6-11/h3-8H,2H2,1H3,(H2,15,16,17,18). The first-order valence-electron chi connectivity index (χ1n) is 5.66. The summed E-state index contributed by atoms with van der Waals surface area (Å²) in [6, 6.07) is 11.1. The topological polar surface area (TPSA) is 73.6 Å². The first-order chi connectivity index (χ1) is 8.81. The second kappa shape index (κ2) is 5.64. The van der Waals surface area contributed by atoms with Crippen molar-refractivity contribution in [3.05, 3.63) is 42.1 Å². The highest BCUT2D eigenvalue weighted by Crippen LogP contribution is 2.15. The second-order valence-corrected chi connectivity index (χ2v) is 3.61. The number of benzene rings is 1. The van der Waals surface area contributed by atoms with Crippen molar-refractivity contribution in [3.8, 4) is 6.07 Å².